The van der Waals surface area contributed by atoms with Gasteiger partial charge >= 0.3 is 0 Å². The molecule has 1 amide bonds. The van der Waals surface area contributed by atoms with E-state index >= 15 is 0 Å². The summed E-state index contributed by atoms with van der Waals surface area (Å²) < 4.78 is 0. The summed E-state index contributed by atoms with van der Waals surface area (Å²) in [6.07, 6.45) is 4.06. The predicted molar refractivity (Wildman–Crippen MR) is 93.6 cm³/mol. The number of anilines is 1. The molecule has 8 heteroatoms. The van der Waals surface area contributed by atoms with Crippen LogP contribution in [0.2, 0.25) is 0 Å². The molecule has 2 atom stereocenters. The molecule has 1 fully saturated rings. The number of carbonyl (C=O) groups excluding carboxylic acids is 1. The molecule has 8 nitrogen and oxygen atoms in total. The van der Waals surface area contributed by atoms with Crippen LogP contribution >= 0.6 is 0 Å². The van der Waals surface area contributed by atoms with Crippen molar-refractivity contribution in [1.82, 2.24) is 25.7 Å². The number of carbonyl (C=O) groups is 1. The summed E-state index contributed by atoms with van der Waals surface area (Å²) in [7, 11) is 3.53. The summed E-state index contributed by atoms with van der Waals surface area (Å²) in [5, 5.41) is 12.2. The highest BCUT2D eigenvalue weighted by molar-refractivity contribution is 5.82. The summed E-state index contributed by atoms with van der Waals surface area (Å²) >= 11 is 0. The van der Waals surface area contributed by atoms with Gasteiger partial charge in [-0.1, -0.05) is 12.1 Å². The first-order valence-electron chi connectivity index (χ1n) is 8.10. The molecule has 25 heavy (non-hydrogen) atoms. The van der Waals surface area contributed by atoms with Crippen molar-refractivity contribution in [3.8, 4) is 5.75 Å². The summed E-state index contributed by atoms with van der Waals surface area (Å²) in [5.41, 5.74) is 8.10. The molecule has 4 N–H and O–H groups in total. The molecule has 2 unspecified atom stereocenters. The number of aromatic nitrogens is 2. The van der Waals surface area contributed by atoms with E-state index in [-0.39, 0.29) is 23.7 Å². The number of nitrogens with one attached hydrogen (secondary N) is 3. The molecule has 0 saturated carbocycles. The molecule has 0 radical (unpaired) electrons. The zero-order valence-corrected chi connectivity index (χ0v) is 14.2. The first-order chi connectivity index (χ1) is 12.1. The second-order valence-corrected chi connectivity index (χ2v) is 6.08. The van der Waals surface area contributed by atoms with E-state index in [1.165, 1.54) is 0 Å². The van der Waals surface area contributed by atoms with E-state index in [1.807, 2.05) is 12.1 Å². The van der Waals surface area contributed by atoms with Crippen molar-refractivity contribution in [2.24, 2.45) is 0 Å². The van der Waals surface area contributed by atoms with E-state index in [1.54, 1.807) is 43.5 Å². The van der Waals surface area contributed by atoms with E-state index in [4.69, 9.17) is 0 Å². The molecule has 0 aliphatic carbocycles. The molecular formula is C17H22N6O2. The van der Waals surface area contributed by atoms with Gasteiger partial charge in [0.1, 0.15) is 11.8 Å². The van der Waals surface area contributed by atoms with Gasteiger partial charge in [-0.25, -0.2) is 20.8 Å². The van der Waals surface area contributed by atoms with Crippen LogP contribution in [-0.2, 0) is 11.3 Å². The number of hydrogen-bond donors (Lipinski definition) is 4. The number of nitrogens with zero attached hydrogens (tertiary/aromatic N) is 3. The van der Waals surface area contributed by atoms with Gasteiger partial charge in [0, 0.05) is 44.6 Å². The average Bonchev–Trinajstić information content (AvgIpc) is 3.12. The third-order valence-corrected chi connectivity index (χ3v) is 4.22. The van der Waals surface area contributed by atoms with Crippen molar-refractivity contribution in [3.63, 3.8) is 0 Å². The van der Waals surface area contributed by atoms with Gasteiger partial charge in [-0.15, -0.1) is 0 Å². The molecule has 2 aromatic rings. The van der Waals surface area contributed by atoms with Crippen LogP contribution in [0.5, 0.6) is 5.75 Å². The van der Waals surface area contributed by atoms with Crippen LogP contribution in [0.25, 0.3) is 0 Å². The minimum Gasteiger partial charge on any atom is -0.508 e. The lowest BCUT2D eigenvalue weighted by molar-refractivity contribution is -0.132. The Bertz CT molecular complexity index is 719. The molecule has 1 saturated heterocycles. The SMILES string of the molecule is CNc1ncc(CN(C)C(=O)C2CC(c3ccc(O)cc3)NN2)cn1. The standard InChI is InChI=1S/C17H22N6O2/c1-18-17-19-8-11(9-20-17)10-23(2)16(25)15-7-14(21-22-15)12-3-5-13(24)6-4-12/h3-6,8-9,14-15,21-22,24H,7,10H2,1-2H3,(H,18,19,20). The highest BCUT2D eigenvalue weighted by Gasteiger charge is 2.31. The second kappa shape index (κ2) is 7.45. The molecular weight excluding hydrogens is 320 g/mol. The van der Waals surface area contributed by atoms with Gasteiger partial charge in [0.05, 0.1) is 0 Å². The highest BCUT2D eigenvalue weighted by atomic mass is 16.3. The Morgan fingerprint density at radius 2 is 1.96 bits per heavy atom. The minimum absolute atomic E-state index is 0.00599. The third kappa shape index (κ3) is 4.04. The first-order valence-corrected chi connectivity index (χ1v) is 8.10. The minimum atomic E-state index is -0.304. The average molecular weight is 342 g/mol. The zero-order valence-electron chi connectivity index (χ0n) is 14.2. The van der Waals surface area contributed by atoms with Gasteiger partial charge in [-0.3, -0.25) is 4.79 Å². The number of amides is 1. The molecule has 1 aliphatic rings. The number of hydrazine groups is 1. The Labute approximate surface area is 146 Å². The molecule has 2 heterocycles. The number of phenolic OH excluding ortho intramolecular Hbond substituents is 1. The zero-order chi connectivity index (χ0) is 17.8. The number of rotatable bonds is 5. The normalized spacial score (nSPS) is 19.6. The summed E-state index contributed by atoms with van der Waals surface area (Å²) in [6, 6.07) is 6.72. The maximum absolute atomic E-state index is 12.6. The fourth-order valence-corrected chi connectivity index (χ4v) is 2.83. The maximum atomic E-state index is 12.6. The van der Waals surface area contributed by atoms with Crippen LogP contribution in [0.3, 0.4) is 0 Å². The maximum Gasteiger partial charge on any atom is 0.241 e. The number of aromatic hydroxyl groups is 1. The predicted octanol–water partition coefficient (Wildman–Crippen LogP) is 0.790. The summed E-state index contributed by atoms with van der Waals surface area (Å²) in [5.74, 6) is 0.788. The fourth-order valence-electron chi connectivity index (χ4n) is 2.83. The number of likely N-dealkylation sites (N-methyl/N-ethyl adjacent to an activating group) is 1. The Hall–Kier alpha value is -2.71. The van der Waals surface area contributed by atoms with Crippen LogP contribution in [0, 0.1) is 0 Å². The topological polar surface area (TPSA) is 102 Å². The molecule has 0 spiro atoms. The van der Waals surface area contributed by atoms with Gasteiger partial charge in [-0.2, -0.15) is 0 Å². The Balaban J connectivity index is 1.58. The first kappa shape index (κ1) is 17.1. The smallest absolute Gasteiger partial charge is 0.241 e. The van der Waals surface area contributed by atoms with E-state index in [0.29, 0.717) is 18.9 Å². The number of phenols is 1. The highest BCUT2D eigenvalue weighted by Crippen LogP contribution is 2.24. The number of benzene rings is 1. The van der Waals surface area contributed by atoms with E-state index in [2.05, 4.69) is 26.1 Å². The summed E-state index contributed by atoms with van der Waals surface area (Å²) in [4.78, 5) is 22.6. The fraction of sp³-hybridized carbons (Fsp3) is 0.353. The lowest BCUT2D eigenvalue weighted by Gasteiger charge is -2.20. The lowest BCUT2D eigenvalue weighted by atomic mass is 10.0. The summed E-state index contributed by atoms with van der Waals surface area (Å²) in [6.45, 7) is 0.449. The quantitative estimate of drug-likeness (QED) is 0.637. The molecule has 1 aromatic heterocycles. The molecule has 1 aromatic carbocycles. The van der Waals surface area contributed by atoms with Gasteiger partial charge in [0.25, 0.3) is 0 Å². The Morgan fingerprint density at radius 1 is 1.28 bits per heavy atom. The third-order valence-electron chi connectivity index (χ3n) is 4.22. The monoisotopic (exact) mass is 342 g/mol. The van der Waals surface area contributed by atoms with Crippen molar-refractivity contribution in [3.05, 3.63) is 47.8 Å². The Morgan fingerprint density at radius 3 is 2.60 bits per heavy atom. The van der Waals surface area contributed by atoms with E-state index < -0.39 is 0 Å². The van der Waals surface area contributed by atoms with Crippen molar-refractivity contribution >= 4 is 11.9 Å². The lowest BCUT2D eigenvalue weighted by Crippen LogP contribution is -2.43. The molecule has 0 bridgehead atoms. The van der Waals surface area contributed by atoms with Crippen LogP contribution in [0.15, 0.2) is 36.7 Å². The van der Waals surface area contributed by atoms with Crippen molar-refractivity contribution in [2.45, 2.75) is 25.0 Å². The van der Waals surface area contributed by atoms with Crippen molar-refractivity contribution < 1.29 is 9.90 Å². The molecule has 3 rings (SSSR count). The van der Waals surface area contributed by atoms with E-state index in [9.17, 15) is 9.90 Å². The molecule has 1 aliphatic heterocycles. The number of hydrogen-bond acceptors (Lipinski definition) is 7. The van der Waals surface area contributed by atoms with Crippen LogP contribution in [0.1, 0.15) is 23.6 Å². The van der Waals surface area contributed by atoms with Gasteiger partial charge in [0.15, 0.2) is 0 Å². The molecule has 132 valence electrons. The van der Waals surface area contributed by atoms with Crippen molar-refractivity contribution in [1.29, 1.82) is 0 Å². The van der Waals surface area contributed by atoms with Gasteiger partial charge in [-0.05, 0) is 24.1 Å². The largest absolute Gasteiger partial charge is 0.508 e. The van der Waals surface area contributed by atoms with Crippen molar-refractivity contribution in [2.75, 3.05) is 19.4 Å². The van der Waals surface area contributed by atoms with Crippen LogP contribution in [0.4, 0.5) is 5.95 Å². The second-order valence-electron chi connectivity index (χ2n) is 6.08. The van der Waals surface area contributed by atoms with Crippen LogP contribution in [-0.4, -0.2) is 46.0 Å². The van der Waals surface area contributed by atoms with Crippen LogP contribution < -0.4 is 16.2 Å². The van der Waals surface area contributed by atoms with Gasteiger partial charge < -0.3 is 15.3 Å². The van der Waals surface area contributed by atoms with Gasteiger partial charge in [0.2, 0.25) is 11.9 Å². The van der Waals surface area contributed by atoms with E-state index in [0.717, 1.165) is 11.1 Å². The Kier molecular flexibility index (Phi) is 5.11.